The zero-order valence-corrected chi connectivity index (χ0v) is 9.27. The van der Waals surface area contributed by atoms with Gasteiger partial charge in [0.25, 0.3) is 0 Å². The minimum absolute atomic E-state index is 0.0698. The first-order valence-corrected chi connectivity index (χ1v) is 5.16. The van der Waals surface area contributed by atoms with Crippen molar-refractivity contribution < 1.29 is 19.4 Å². The first kappa shape index (κ1) is 11.0. The van der Waals surface area contributed by atoms with Gasteiger partial charge in [-0.15, -0.1) is 0 Å². The molecule has 1 aromatic carbocycles. The molecule has 2 rings (SSSR count). The van der Waals surface area contributed by atoms with Gasteiger partial charge in [-0.05, 0) is 25.1 Å². The van der Waals surface area contributed by atoms with E-state index in [4.69, 9.17) is 4.74 Å². The number of hydrogen-bond donors (Lipinski definition) is 1. The minimum Gasteiger partial charge on any atom is -0.493 e. The predicted octanol–water partition coefficient (Wildman–Crippen LogP) is 1.33. The van der Waals surface area contributed by atoms with Crippen molar-refractivity contribution in [3.8, 4) is 5.75 Å². The molecule has 0 bridgehead atoms. The Morgan fingerprint density at radius 3 is 3.00 bits per heavy atom. The van der Waals surface area contributed by atoms with Crippen LogP contribution in [0.2, 0.25) is 0 Å². The molecule has 1 aliphatic heterocycles. The summed E-state index contributed by atoms with van der Waals surface area (Å²) in [5.74, 6) is 0.289. The van der Waals surface area contributed by atoms with E-state index in [1.54, 1.807) is 25.1 Å². The van der Waals surface area contributed by atoms with Gasteiger partial charge in [-0.3, -0.25) is 0 Å². The molecule has 0 aromatic heterocycles. The van der Waals surface area contributed by atoms with E-state index in [1.807, 2.05) is 0 Å². The van der Waals surface area contributed by atoms with Gasteiger partial charge in [0.05, 0.1) is 25.4 Å². The number of ether oxygens (including phenoxy) is 2. The van der Waals surface area contributed by atoms with Crippen molar-refractivity contribution >= 4 is 5.97 Å². The number of hydrogen-bond acceptors (Lipinski definition) is 4. The molecule has 4 nitrogen and oxygen atoms in total. The van der Waals surface area contributed by atoms with Crippen LogP contribution >= 0.6 is 0 Å². The number of carbonyl (C=O) groups excluding carboxylic acids is 1. The fourth-order valence-electron chi connectivity index (χ4n) is 1.88. The summed E-state index contributed by atoms with van der Waals surface area (Å²) in [6.07, 6.45) is -0.492. The van der Waals surface area contributed by atoms with Crippen LogP contribution in [0.15, 0.2) is 18.2 Å². The van der Waals surface area contributed by atoms with Crippen molar-refractivity contribution in [2.24, 2.45) is 0 Å². The molecule has 86 valence electrons. The number of fused-ring (bicyclic) bond motifs is 1. The maximum Gasteiger partial charge on any atom is 0.337 e. The lowest BCUT2D eigenvalue weighted by Crippen LogP contribution is -2.16. The average Bonchev–Trinajstić information content (AvgIpc) is 2.70. The maximum atomic E-state index is 11.4. The van der Waals surface area contributed by atoms with Gasteiger partial charge in [0, 0.05) is 11.5 Å². The lowest BCUT2D eigenvalue weighted by molar-refractivity contribution is 0.0600. The third-order valence-electron chi connectivity index (χ3n) is 2.83. The Labute approximate surface area is 93.8 Å². The normalized spacial score (nSPS) is 19.8. The van der Waals surface area contributed by atoms with Crippen LogP contribution in [0.5, 0.6) is 5.75 Å². The molecule has 1 heterocycles. The highest BCUT2D eigenvalue weighted by Crippen LogP contribution is 2.36. The number of benzene rings is 1. The second kappa shape index (κ2) is 4.14. The van der Waals surface area contributed by atoms with Crippen molar-refractivity contribution in [2.45, 2.75) is 18.9 Å². The van der Waals surface area contributed by atoms with Crippen LogP contribution in [-0.4, -0.2) is 30.9 Å². The van der Waals surface area contributed by atoms with Crippen LogP contribution in [0.1, 0.15) is 28.8 Å². The van der Waals surface area contributed by atoms with Gasteiger partial charge < -0.3 is 14.6 Å². The second-order valence-electron chi connectivity index (χ2n) is 3.90. The van der Waals surface area contributed by atoms with E-state index in [1.165, 1.54) is 7.11 Å². The third-order valence-corrected chi connectivity index (χ3v) is 2.83. The van der Waals surface area contributed by atoms with Gasteiger partial charge in [0.15, 0.2) is 0 Å². The first-order chi connectivity index (χ1) is 7.63. The molecule has 16 heavy (non-hydrogen) atoms. The van der Waals surface area contributed by atoms with Crippen molar-refractivity contribution in [1.29, 1.82) is 0 Å². The molecule has 2 unspecified atom stereocenters. The largest absolute Gasteiger partial charge is 0.493 e. The van der Waals surface area contributed by atoms with Gasteiger partial charge in [0.1, 0.15) is 5.75 Å². The molecule has 0 saturated heterocycles. The molecule has 1 N–H and O–H groups in total. The molecule has 0 amide bonds. The summed E-state index contributed by atoms with van der Waals surface area (Å²) in [4.78, 5) is 11.4. The highest BCUT2D eigenvalue weighted by atomic mass is 16.5. The lowest BCUT2D eigenvalue weighted by atomic mass is 9.95. The fraction of sp³-hybridized carbons (Fsp3) is 0.417. The highest BCUT2D eigenvalue weighted by Gasteiger charge is 2.28. The number of aliphatic hydroxyl groups is 1. The summed E-state index contributed by atoms with van der Waals surface area (Å²) in [5.41, 5.74) is 1.36. The van der Waals surface area contributed by atoms with E-state index in [9.17, 15) is 9.90 Å². The van der Waals surface area contributed by atoms with Gasteiger partial charge in [-0.2, -0.15) is 0 Å². The third kappa shape index (κ3) is 1.76. The predicted molar refractivity (Wildman–Crippen MR) is 57.7 cm³/mol. The topological polar surface area (TPSA) is 55.8 Å². The van der Waals surface area contributed by atoms with E-state index in [-0.39, 0.29) is 11.9 Å². The molecule has 0 fully saturated rings. The van der Waals surface area contributed by atoms with Crippen LogP contribution in [0.3, 0.4) is 0 Å². The first-order valence-electron chi connectivity index (χ1n) is 5.16. The van der Waals surface area contributed by atoms with Crippen LogP contribution in [0.4, 0.5) is 0 Å². The Morgan fingerprint density at radius 1 is 1.62 bits per heavy atom. The van der Waals surface area contributed by atoms with Crippen molar-refractivity contribution in [3.05, 3.63) is 29.3 Å². The van der Waals surface area contributed by atoms with E-state index in [2.05, 4.69) is 4.74 Å². The van der Waals surface area contributed by atoms with Gasteiger partial charge in [-0.25, -0.2) is 4.79 Å². The molecule has 1 aliphatic rings. The number of esters is 1. The van der Waals surface area contributed by atoms with Crippen LogP contribution < -0.4 is 4.74 Å². The smallest absolute Gasteiger partial charge is 0.337 e. The summed E-state index contributed by atoms with van der Waals surface area (Å²) in [7, 11) is 1.35. The van der Waals surface area contributed by atoms with E-state index < -0.39 is 6.10 Å². The summed E-state index contributed by atoms with van der Waals surface area (Å²) in [6, 6.07) is 5.13. The monoisotopic (exact) mass is 222 g/mol. The van der Waals surface area contributed by atoms with Crippen LogP contribution in [0.25, 0.3) is 0 Å². The number of rotatable bonds is 2. The Bertz CT molecular complexity index is 411. The molecule has 0 spiro atoms. The molecule has 0 saturated carbocycles. The Hall–Kier alpha value is -1.55. The lowest BCUT2D eigenvalue weighted by Gasteiger charge is -2.12. The quantitative estimate of drug-likeness (QED) is 0.767. The van der Waals surface area contributed by atoms with Crippen LogP contribution in [-0.2, 0) is 4.74 Å². The summed E-state index contributed by atoms with van der Waals surface area (Å²) in [6.45, 7) is 2.17. The Balaban J connectivity index is 2.37. The summed E-state index contributed by atoms with van der Waals surface area (Å²) < 4.78 is 10.1. The van der Waals surface area contributed by atoms with Crippen molar-refractivity contribution in [3.63, 3.8) is 0 Å². The maximum absolute atomic E-state index is 11.4. The molecule has 1 aromatic rings. The van der Waals surface area contributed by atoms with E-state index in [0.29, 0.717) is 12.2 Å². The number of carbonyl (C=O) groups is 1. The second-order valence-corrected chi connectivity index (χ2v) is 3.90. The van der Waals surface area contributed by atoms with Crippen molar-refractivity contribution in [2.75, 3.05) is 13.7 Å². The molecule has 4 heteroatoms. The van der Waals surface area contributed by atoms with Gasteiger partial charge >= 0.3 is 5.97 Å². The molecule has 0 radical (unpaired) electrons. The molecular weight excluding hydrogens is 208 g/mol. The van der Waals surface area contributed by atoms with Gasteiger partial charge in [0.2, 0.25) is 0 Å². The SMILES string of the molecule is COC(=O)c1ccc2c(c1)C(C(C)O)CO2. The summed E-state index contributed by atoms with van der Waals surface area (Å²) >= 11 is 0. The molecule has 0 aliphatic carbocycles. The fourth-order valence-corrected chi connectivity index (χ4v) is 1.88. The van der Waals surface area contributed by atoms with Crippen molar-refractivity contribution in [1.82, 2.24) is 0 Å². The Morgan fingerprint density at radius 2 is 2.38 bits per heavy atom. The average molecular weight is 222 g/mol. The zero-order valence-electron chi connectivity index (χ0n) is 9.27. The minimum atomic E-state index is -0.492. The Kier molecular flexibility index (Phi) is 2.83. The van der Waals surface area contributed by atoms with E-state index in [0.717, 1.165) is 11.3 Å². The molecular formula is C12H14O4. The standard InChI is InChI=1S/C12H14O4/c1-7(13)10-6-16-11-4-3-8(5-9(10)11)12(14)15-2/h3-5,7,10,13H,6H2,1-2H3. The molecule has 2 atom stereocenters. The summed E-state index contributed by atoms with van der Waals surface area (Å²) in [5, 5.41) is 9.59. The van der Waals surface area contributed by atoms with Crippen LogP contribution in [0, 0.1) is 0 Å². The zero-order chi connectivity index (χ0) is 11.7. The number of methoxy groups -OCH3 is 1. The van der Waals surface area contributed by atoms with Gasteiger partial charge in [-0.1, -0.05) is 0 Å². The van der Waals surface area contributed by atoms with E-state index >= 15 is 0 Å². The number of aliphatic hydroxyl groups excluding tert-OH is 1. The highest BCUT2D eigenvalue weighted by molar-refractivity contribution is 5.89.